The van der Waals surface area contributed by atoms with Crippen LogP contribution in [0.4, 0.5) is 5.69 Å². The molecule has 4 nitrogen and oxygen atoms in total. The molecule has 0 aliphatic carbocycles. The van der Waals surface area contributed by atoms with Gasteiger partial charge in [-0.2, -0.15) is 0 Å². The largest absolute Gasteiger partial charge is 0.377 e. The zero-order valence-electron chi connectivity index (χ0n) is 14.2. The van der Waals surface area contributed by atoms with Gasteiger partial charge in [-0.1, -0.05) is 48.5 Å². The van der Waals surface area contributed by atoms with Crippen molar-refractivity contribution in [3.05, 3.63) is 65.7 Å². The van der Waals surface area contributed by atoms with Crippen LogP contribution in [0.2, 0.25) is 0 Å². The Kier molecular flexibility index (Phi) is 7.92. The SMILES string of the molecule is Cl.O=C(CNCC1CCCO1)Nc1ccccc1Cc1ccccc1. The van der Waals surface area contributed by atoms with Crippen molar-refractivity contribution in [2.75, 3.05) is 25.0 Å². The van der Waals surface area contributed by atoms with Crippen LogP contribution in [-0.4, -0.2) is 31.7 Å². The van der Waals surface area contributed by atoms with Crippen LogP contribution in [-0.2, 0) is 16.0 Å². The van der Waals surface area contributed by atoms with Gasteiger partial charge in [0.05, 0.1) is 12.6 Å². The van der Waals surface area contributed by atoms with E-state index >= 15 is 0 Å². The lowest BCUT2D eigenvalue weighted by molar-refractivity contribution is -0.115. The first-order chi connectivity index (χ1) is 11.8. The molecule has 134 valence electrons. The van der Waals surface area contributed by atoms with Crippen LogP contribution in [0.15, 0.2) is 54.6 Å². The number of carbonyl (C=O) groups is 1. The summed E-state index contributed by atoms with van der Waals surface area (Å²) in [6, 6.07) is 18.2. The molecule has 1 atom stereocenters. The van der Waals surface area contributed by atoms with Crippen molar-refractivity contribution in [3.8, 4) is 0 Å². The molecule has 1 amide bonds. The molecule has 5 heteroatoms. The van der Waals surface area contributed by atoms with Gasteiger partial charge >= 0.3 is 0 Å². The van der Waals surface area contributed by atoms with Crippen molar-refractivity contribution in [1.29, 1.82) is 0 Å². The lowest BCUT2D eigenvalue weighted by Crippen LogP contribution is -2.33. The molecular weight excluding hydrogens is 336 g/mol. The maximum atomic E-state index is 12.2. The summed E-state index contributed by atoms with van der Waals surface area (Å²) in [5, 5.41) is 6.19. The van der Waals surface area contributed by atoms with E-state index in [1.807, 2.05) is 36.4 Å². The van der Waals surface area contributed by atoms with Gasteiger partial charge in [0, 0.05) is 18.8 Å². The highest BCUT2D eigenvalue weighted by molar-refractivity contribution is 5.93. The Balaban J connectivity index is 0.00000225. The molecule has 0 spiro atoms. The van der Waals surface area contributed by atoms with Gasteiger partial charge in [-0.15, -0.1) is 12.4 Å². The lowest BCUT2D eigenvalue weighted by Gasteiger charge is -2.13. The molecule has 2 N–H and O–H groups in total. The second-order valence-electron chi connectivity index (χ2n) is 6.13. The van der Waals surface area contributed by atoms with E-state index in [0.29, 0.717) is 6.54 Å². The van der Waals surface area contributed by atoms with Gasteiger partial charge in [-0.05, 0) is 36.5 Å². The number of hydrogen-bond acceptors (Lipinski definition) is 3. The Labute approximate surface area is 155 Å². The maximum absolute atomic E-state index is 12.2. The summed E-state index contributed by atoms with van der Waals surface area (Å²) in [4.78, 5) is 12.2. The number of para-hydroxylation sites is 1. The van der Waals surface area contributed by atoms with E-state index in [1.54, 1.807) is 0 Å². The van der Waals surface area contributed by atoms with Crippen molar-refractivity contribution in [2.45, 2.75) is 25.4 Å². The Bertz CT molecular complexity index is 658. The standard InChI is InChI=1S/C20H24N2O2.ClH/c23-20(15-21-14-18-10-6-12-24-18)22-19-11-5-4-9-17(19)13-16-7-2-1-3-8-16;/h1-5,7-9,11,18,21H,6,10,12-15H2,(H,22,23);1H. The zero-order chi connectivity index (χ0) is 16.6. The van der Waals surface area contributed by atoms with Gasteiger partial charge in [0.15, 0.2) is 0 Å². The number of nitrogens with one attached hydrogen (secondary N) is 2. The van der Waals surface area contributed by atoms with E-state index in [-0.39, 0.29) is 24.4 Å². The summed E-state index contributed by atoms with van der Waals surface area (Å²) in [5.74, 6) is -0.0199. The molecule has 2 aromatic carbocycles. The number of hydrogen-bond donors (Lipinski definition) is 2. The zero-order valence-corrected chi connectivity index (χ0v) is 15.1. The smallest absolute Gasteiger partial charge is 0.238 e. The van der Waals surface area contributed by atoms with Gasteiger partial charge in [0.2, 0.25) is 5.91 Å². The van der Waals surface area contributed by atoms with Gasteiger partial charge < -0.3 is 15.4 Å². The number of ether oxygens (including phenoxy) is 1. The molecule has 1 aliphatic rings. The number of benzene rings is 2. The molecule has 25 heavy (non-hydrogen) atoms. The number of carbonyl (C=O) groups excluding carboxylic acids is 1. The van der Waals surface area contributed by atoms with Gasteiger partial charge in [0.25, 0.3) is 0 Å². The number of halogens is 1. The molecular formula is C20H25ClN2O2. The maximum Gasteiger partial charge on any atom is 0.238 e. The first kappa shape index (κ1) is 19.4. The third-order valence-corrected chi connectivity index (χ3v) is 4.21. The molecule has 1 aliphatic heterocycles. The average molecular weight is 361 g/mol. The van der Waals surface area contributed by atoms with Crippen LogP contribution in [0, 0.1) is 0 Å². The molecule has 0 bridgehead atoms. The molecule has 1 fully saturated rings. The van der Waals surface area contributed by atoms with Gasteiger partial charge in [-0.25, -0.2) is 0 Å². The van der Waals surface area contributed by atoms with Gasteiger partial charge in [-0.3, -0.25) is 4.79 Å². The first-order valence-corrected chi connectivity index (χ1v) is 8.55. The minimum absolute atomic E-state index is 0. The molecule has 1 saturated heterocycles. The van der Waals surface area contributed by atoms with E-state index in [2.05, 4.69) is 28.8 Å². The molecule has 1 heterocycles. The van der Waals surface area contributed by atoms with Crippen molar-refractivity contribution in [1.82, 2.24) is 5.32 Å². The quantitative estimate of drug-likeness (QED) is 0.795. The minimum Gasteiger partial charge on any atom is -0.377 e. The topological polar surface area (TPSA) is 50.4 Å². The average Bonchev–Trinajstić information content (AvgIpc) is 3.11. The monoisotopic (exact) mass is 360 g/mol. The number of rotatable bonds is 7. The highest BCUT2D eigenvalue weighted by atomic mass is 35.5. The van der Waals surface area contributed by atoms with Crippen LogP contribution in [0.3, 0.4) is 0 Å². The van der Waals surface area contributed by atoms with Crippen molar-refractivity contribution in [3.63, 3.8) is 0 Å². The summed E-state index contributed by atoms with van der Waals surface area (Å²) in [6.07, 6.45) is 3.25. The Morgan fingerprint density at radius 3 is 2.60 bits per heavy atom. The molecule has 3 rings (SSSR count). The van der Waals surface area contributed by atoms with Crippen molar-refractivity contribution >= 4 is 24.0 Å². The minimum atomic E-state index is -0.0199. The van der Waals surface area contributed by atoms with Crippen LogP contribution >= 0.6 is 12.4 Å². The first-order valence-electron chi connectivity index (χ1n) is 8.55. The fourth-order valence-electron chi connectivity index (χ4n) is 2.96. The highest BCUT2D eigenvalue weighted by Crippen LogP contribution is 2.19. The molecule has 0 saturated carbocycles. The molecule has 0 aromatic heterocycles. The summed E-state index contributed by atoms with van der Waals surface area (Å²) in [7, 11) is 0. The third-order valence-electron chi connectivity index (χ3n) is 4.21. The predicted molar refractivity (Wildman–Crippen MR) is 103 cm³/mol. The fourth-order valence-corrected chi connectivity index (χ4v) is 2.96. The molecule has 1 unspecified atom stereocenters. The van der Waals surface area contributed by atoms with Crippen molar-refractivity contribution in [2.24, 2.45) is 0 Å². The van der Waals surface area contributed by atoms with E-state index in [0.717, 1.165) is 43.7 Å². The second-order valence-corrected chi connectivity index (χ2v) is 6.13. The number of amides is 1. The fraction of sp³-hybridized carbons (Fsp3) is 0.350. The Hall–Kier alpha value is -1.88. The summed E-state index contributed by atoms with van der Waals surface area (Å²) >= 11 is 0. The third kappa shape index (κ3) is 6.16. The number of anilines is 1. The second kappa shape index (κ2) is 10.2. The van der Waals surface area contributed by atoms with Crippen LogP contribution in [0.1, 0.15) is 24.0 Å². The van der Waals surface area contributed by atoms with Crippen LogP contribution in [0.5, 0.6) is 0 Å². The van der Waals surface area contributed by atoms with E-state index < -0.39 is 0 Å². The summed E-state index contributed by atoms with van der Waals surface area (Å²) in [6.45, 7) is 1.88. The molecule has 2 aromatic rings. The Morgan fingerprint density at radius 1 is 1.08 bits per heavy atom. The Morgan fingerprint density at radius 2 is 1.84 bits per heavy atom. The van der Waals surface area contributed by atoms with Gasteiger partial charge in [0.1, 0.15) is 0 Å². The summed E-state index contributed by atoms with van der Waals surface area (Å²) < 4.78 is 5.54. The van der Waals surface area contributed by atoms with E-state index in [1.165, 1.54) is 5.56 Å². The van der Waals surface area contributed by atoms with Crippen molar-refractivity contribution < 1.29 is 9.53 Å². The summed E-state index contributed by atoms with van der Waals surface area (Å²) in [5.41, 5.74) is 3.23. The van der Waals surface area contributed by atoms with E-state index in [4.69, 9.17) is 4.74 Å². The van der Waals surface area contributed by atoms with Crippen LogP contribution in [0.25, 0.3) is 0 Å². The predicted octanol–water partition coefficient (Wildman–Crippen LogP) is 3.41. The normalized spacial score (nSPS) is 16.2. The molecule has 0 radical (unpaired) electrons. The van der Waals surface area contributed by atoms with Crippen LogP contribution < -0.4 is 10.6 Å². The highest BCUT2D eigenvalue weighted by Gasteiger charge is 2.15. The van der Waals surface area contributed by atoms with E-state index in [9.17, 15) is 4.79 Å². The lowest BCUT2D eigenvalue weighted by atomic mass is 10.0.